The molecule has 0 saturated heterocycles. The van der Waals surface area contributed by atoms with Crippen molar-refractivity contribution in [1.82, 2.24) is 14.8 Å². The molecular formula is C23H21N3O2S. The Hall–Kier alpha value is -3.09. The Morgan fingerprint density at radius 2 is 1.55 bits per heavy atom. The number of thioether (sulfide) groups is 1. The Labute approximate surface area is 174 Å². The number of para-hydroxylation sites is 1. The summed E-state index contributed by atoms with van der Waals surface area (Å²) < 4.78 is 7.28. The van der Waals surface area contributed by atoms with E-state index in [1.54, 1.807) is 7.11 Å². The first-order chi connectivity index (χ1) is 14.3. The SMILES string of the molecule is COc1ccc(-c2nnc(SCC(O)c3ccccc3)n2-c2ccccc2)cc1. The van der Waals surface area contributed by atoms with E-state index in [4.69, 9.17) is 4.74 Å². The Morgan fingerprint density at radius 3 is 2.21 bits per heavy atom. The highest BCUT2D eigenvalue weighted by Gasteiger charge is 2.18. The predicted molar refractivity (Wildman–Crippen MR) is 115 cm³/mol. The van der Waals surface area contributed by atoms with Crippen molar-refractivity contribution in [3.63, 3.8) is 0 Å². The van der Waals surface area contributed by atoms with Crippen LogP contribution in [-0.2, 0) is 0 Å². The summed E-state index contributed by atoms with van der Waals surface area (Å²) in [6.45, 7) is 0. The van der Waals surface area contributed by atoms with Crippen LogP contribution < -0.4 is 4.74 Å². The van der Waals surface area contributed by atoms with Gasteiger partial charge in [-0.2, -0.15) is 0 Å². The van der Waals surface area contributed by atoms with Crippen LogP contribution >= 0.6 is 11.8 Å². The lowest BCUT2D eigenvalue weighted by Gasteiger charge is -2.13. The molecule has 6 heteroatoms. The standard InChI is InChI=1S/C23H21N3O2S/c1-28-20-14-12-18(13-15-20)22-24-25-23(26(22)19-10-6-3-7-11-19)29-16-21(27)17-8-4-2-5-9-17/h2-15,21,27H,16H2,1H3. The molecule has 29 heavy (non-hydrogen) atoms. The van der Waals surface area contributed by atoms with E-state index in [2.05, 4.69) is 10.2 Å². The number of ether oxygens (including phenoxy) is 1. The van der Waals surface area contributed by atoms with Crippen molar-refractivity contribution in [2.75, 3.05) is 12.9 Å². The van der Waals surface area contributed by atoms with Gasteiger partial charge in [0, 0.05) is 17.0 Å². The molecule has 4 rings (SSSR count). The quantitative estimate of drug-likeness (QED) is 0.451. The molecule has 0 saturated carbocycles. The topological polar surface area (TPSA) is 60.2 Å². The summed E-state index contributed by atoms with van der Waals surface area (Å²) in [6.07, 6.45) is -0.577. The predicted octanol–water partition coefficient (Wildman–Crippen LogP) is 4.77. The fourth-order valence-corrected chi connectivity index (χ4v) is 3.94. The fraction of sp³-hybridized carbons (Fsp3) is 0.130. The van der Waals surface area contributed by atoms with E-state index < -0.39 is 6.10 Å². The molecule has 0 radical (unpaired) electrons. The van der Waals surface area contributed by atoms with E-state index in [0.717, 1.165) is 33.5 Å². The van der Waals surface area contributed by atoms with Gasteiger partial charge in [-0.15, -0.1) is 10.2 Å². The summed E-state index contributed by atoms with van der Waals surface area (Å²) in [4.78, 5) is 0. The molecule has 3 aromatic carbocycles. The molecule has 0 fully saturated rings. The summed E-state index contributed by atoms with van der Waals surface area (Å²) in [5.41, 5.74) is 2.80. The molecule has 0 aliphatic heterocycles. The van der Waals surface area contributed by atoms with Crippen LogP contribution in [0.25, 0.3) is 17.1 Å². The van der Waals surface area contributed by atoms with Crippen LogP contribution in [0, 0.1) is 0 Å². The maximum absolute atomic E-state index is 10.5. The third-order valence-electron chi connectivity index (χ3n) is 4.55. The lowest BCUT2D eigenvalue weighted by Crippen LogP contribution is -2.03. The van der Waals surface area contributed by atoms with Gasteiger partial charge in [0.1, 0.15) is 5.75 Å². The smallest absolute Gasteiger partial charge is 0.196 e. The van der Waals surface area contributed by atoms with Gasteiger partial charge in [-0.25, -0.2) is 0 Å². The zero-order valence-electron chi connectivity index (χ0n) is 16.0. The number of hydrogen-bond acceptors (Lipinski definition) is 5. The number of nitrogens with zero attached hydrogens (tertiary/aromatic N) is 3. The van der Waals surface area contributed by atoms with Crippen molar-refractivity contribution in [2.24, 2.45) is 0 Å². The molecule has 1 unspecified atom stereocenters. The van der Waals surface area contributed by atoms with Crippen LogP contribution in [-0.4, -0.2) is 32.7 Å². The van der Waals surface area contributed by atoms with Gasteiger partial charge in [0.25, 0.3) is 0 Å². The van der Waals surface area contributed by atoms with E-state index in [1.807, 2.05) is 89.5 Å². The van der Waals surface area contributed by atoms with Crippen LogP contribution in [0.4, 0.5) is 0 Å². The van der Waals surface area contributed by atoms with Crippen LogP contribution in [0.1, 0.15) is 11.7 Å². The summed E-state index contributed by atoms with van der Waals surface area (Å²) in [7, 11) is 1.65. The lowest BCUT2D eigenvalue weighted by atomic mass is 10.1. The molecule has 0 spiro atoms. The third kappa shape index (κ3) is 4.34. The molecular weight excluding hydrogens is 382 g/mol. The van der Waals surface area contributed by atoms with E-state index in [0.29, 0.717) is 5.75 Å². The number of aliphatic hydroxyl groups excluding tert-OH is 1. The zero-order valence-corrected chi connectivity index (χ0v) is 16.8. The van der Waals surface area contributed by atoms with Crippen molar-refractivity contribution in [3.05, 3.63) is 90.5 Å². The van der Waals surface area contributed by atoms with Crippen LogP contribution in [0.15, 0.2) is 90.1 Å². The monoisotopic (exact) mass is 403 g/mol. The molecule has 1 N–H and O–H groups in total. The maximum atomic E-state index is 10.5. The molecule has 0 aliphatic carbocycles. The second-order valence-electron chi connectivity index (χ2n) is 6.44. The summed E-state index contributed by atoms with van der Waals surface area (Å²) in [5.74, 6) is 2.02. The molecule has 0 amide bonds. The maximum Gasteiger partial charge on any atom is 0.196 e. The largest absolute Gasteiger partial charge is 0.497 e. The van der Waals surface area contributed by atoms with E-state index in [-0.39, 0.29) is 0 Å². The van der Waals surface area contributed by atoms with Crippen molar-refractivity contribution >= 4 is 11.8 Å². The van der Waals surface area contributed by atoms with E-state index in [1.165, 1.54) is 11.8 Å². The number of methoxy groups -OCH3 is 1. The molecule has 5 nitrogen and oxygen atoms in total. The van der Waals surface area contributed by atoms with Gasteiger partial charge in [-0.05, 0) is 42.0 Å². The Kier molecular flexibility index (Phi) is 5.93. The molecule has 1 atom stereocenters. The van der Waals surface area contributed by atoms with E-state index in [9.17, 15) is 5.11 Å². The van der Waals surface area contributed by atoms with Crippen LogP contribution in [0.5, 0.6) is 5.75 Å². The molecule has 4 aromatic rings. The summed E-state index contributed by atoms with van der Waals surface area (Å²) in [5, 5.41) is 20.1. The molecule has 146 valence electrons. The Balaban J connectivity index is 1.66. The Bertz CT molecular complexity index is 1050. The minimum atomic E-state index is -0.577. The molecule has 1 heterocycles. The molecule has 1 aromatic heterocycles. The minimum Gasteiger partial charge on any atom is -0.497 e. The normalized spacial score (nSPS) is 11.9. The average Bonchev–Trinajstić information content (AvgIpc) is 3.22. The third-order valence-corrected chi connectivity index (χ3v) is 5.56. The van der Waals surface area contributed by atoms with Crippen LogP contribution in [0.3, 0.4) is 0 Å². The zero-order chi connectivity index (χ0) is 20.1. The highest BCUT2D eigenvalue weighted by atomic mass is 32.2. The highest BCUT2D eigenvalue weighted by molar-refractivity contribution is 7.99. The van der Waals surface area contributed by atoms with Gasteiger partial charge in [-0.1, -0.05) is 60.3 Å². The second-order valence-corrected chi connectivity index (χ2v) is 7.43. The molecule has 0 bridgehead atoms. The van der Waals surface area contributed by atoms with Crippen molar-refractivity contribution in [1.29, 1.82) is 0 Å². The van der Waals surface area contributed by atoms with Gasteiger partial charge in [0.05, 0.1) is 13.2 Å². The highest BCUT2D eigenvalue weighted by Crippen LogP contribution is 2.30. The van der Waals surface area contributed by atoms with E-state index >= 15 is 0 Å². The number of aliphatic hydroxyl groups is 1. The Morgan fingerprint density at radius 1 is 0.897 bits per heavy atom. The van der Waals surface area contributed by atoms with Crippen molar-refractivity contribution in [3.8, 4) is 22.8 Å². The van der Waals surface area contributed by atoms with Crippen molar-refractivity contribution < 1.29 is 9.84 Å². The fourth-order valence-electron chi connectivity index (χ4n) is 3.03. The van der Waals surface area contributed by atoms with Gasteiger partial charge in [-0.3, -0.25) is 4.57 Å². The average molecular weight is 404 g/mol. The van der Waals surface area contributed by atoms with Gasteiger partial charge in [0.2, 0.25) is 0 Å². The number of aromatic nitrogens is 3. The van der Waals surface area contributed by atoms with Gasteiger partial charge >= 0.3 is 0 Å². The second kappa shape index (κ2) is 8.94. The van der Waals surface area contributed by atoms with Gasteiger partial charge < -0.3 is 9.84 Å². The first kappa shape index (κ1) is 19.2. The minimum absolute atomic E-state index is 0.484. The first-order valence-electron chi connectivity index (χ1n) is 9.27. The summed E-state index contributed by atoms with van der Waals surface area (Å²) >= 11 is 1.48. The first-order valence-corrected chi connectivity index (χ1v) is 10.3. The number of benzene rings is 3. The van der Waals surface area contributed by atoms with Crippen molar-refractivity contribution in [2.45, 2.75) is 11.3 Å². The lowest BCUT2D eigenvalue weighted by molar-refractivity contribution is 0.204. The number of rotatable bonds is 7. The van der Waals surface area contributed by atoms with Crippen LogP contribution in [0.2, 0.25) is 0 Å². The molecule has 0 aliphatic rings. The number of hydrogen-bond donors (Lipinski definition) is 1. The summed E-state index contributed by atoms with van der Waals surface area (Å²) in [6, 6.07) is 27.4. The van der Waals surface area contributed by atoms with Gasteiger partial charge in [0.15, 0.2) is 11.0 Å².